The lowest BCUT2D eigenvalue weighted by molar-refractivity contribution is -0.573. The Morgan fingerprint density at radius 3 is 1.18 bits per heavy atom. The molecule has 5 rings (SSSR count). The summed E-state index contributed by atoms with van der Waals surface area (Å²) in [6.07, 6.45) is 0. The normalized spacial score (nSPS) is 10.6. The molecule has 0 fully saturated rings. The van der Waals surface area contributed by atoms with Crippen LogP contribution >= 0.6 is 0 Å². The van der Waals surface area contributed by atoms with E-state index < -0.39 is 0 Å². The second-order valence-corrected chi connectivity index (χ2v) is 8.64. The van der Waals surface area contributed by atoms with Crippen LogP contribution in [0.1, 0.15) is 0 Å². The van der Waals surface area contributed by atoms with Crippen molar-refractivity contribution in [2.45, 2.75) is 0 Å². The van der Waals surface area contributed by atoms with E-state index in [1.54, 1.807) is 34.5 Å². The van der Waals surface area contributed by atoms with Crippen LogP contribution in [-0.4, -0.2) is 28.4 Å². The number of aromatic nitrogens is 1. The van der Waals surface area contributed by atoms with Crippen molar-refractivity contribution in [2.75, 3.05) is 28.4 Å². The molecule has 5 aromatic rings. The fourth-order valence-electron chi connectivity index (χ4n) is 4.76. The minimum Gasteiger partial charge on any atom is -0.492 e. The van der Waals surface area contributed by atoms with Crippen LogP contribution in [0.5, 0.6) is 23.0 Å². The quantitative estimate of drug-likeness (QED) is 0.213. The lowest BCUT2D eigenvalue weighted by Gasteiger charge is -2.19. The monoisotopic (exact) mass is 504 g/mol. The van der Waals surface area contributed by atoms with Crippen LogP contribution in [0.3, 0.4) is 0 Å². The van der Waals surface area contributed by atoms with Gasteiger partial charge in [-0.1, -0.05) is 66.7 Å². The van der Waals surface area contributed by atoms with Crippen molar-refractivity contribution in [3.63, 3.8) is 0 Å². The lowest BCUT2D eigenvalue weighted by atomic mass is 9.98. The van der Waals surface area contributed by atoms with E-state index >= 15 is 0 Å². The lowest BCUT2D eigenvalue weighted by Crippen LogP contribution is -2.37. The summed E-state index contributed by atoms with van der Waals surface area (Å²) in [6.45, 7) is 0. The Labute approximate surface area is 223 Å². The summed E-state index contributed by atoms with van der Waals surface area (Å²) in [6, 6.07) is 37.2. The Balaban J connectivity index is 2.00. The summed E-state index contributed by atoms with van der Waals surface area (Å²) in [4.78, 5) is 0. The van der Waals surface area contributed by atoms with Gasteiger partial charge in [0.2, 0.25) is 22.9 Å². The first-order valence-electron chi connectivity index (χ1n) is 12.3. The van der Waals surface area contributed by atoms with Crippen LogP contribution in [0.2, 0.25) is 0 Å². The number of nitrogens with zero attached hydrogens (tertiary/aromatic N) is 1. The molecule has 0 atom stereocenters. The van der Waals surface area contributed by atoms with Crippen LogP contribution in [0, 0.1) is 0 Å². The average molecular weight is 505 g/mol. The van der Waals surface area contributed by atoms with Gasteiger partial charge in [0.15, 0.2) is 11.5 Å². The third-order valence-electron chi connectivity index (χ3n) is 6.52. The van der Waals surface area contributed by atoms with E-state index in [0.29, 0.717) is 28.7 Å². The van der Waals surface area contributed by atoms with Crippen molar-refractivity contribution in [2.24, 2.45) is 0 Å². The van der Waals surface area contributed by atoms with Gasteiger partial charge in [-0.25, -0.2) is 0 Å². The van der Waals surface area contributed by atoms with Gasteiger partial charge in [0.25, 0.3) is 0 Å². The fourth-order valence-corrected chi connectivity index (χ4v) is 4.76. The molecule has 1 heterocycles. The Hall–Kier alpha value is -4.77. The van der Waals surface area contributed by atoms with E-state index in [0.717, 1.165) is 33.6 Å². The van der Waals surface area contributed by atoms with Gasteiger partial charge in [0.05, 0.1) is 28.4 Å². The highest BCUT2D eigenvalue weighted by Crippen LogP contribution is 2.46. The largest absolute Gasteiger partial charge is 0.492 e. The molecule has 0 amide bonds. The molecular weight excluding hydrogens is 474 g/mol. The van der Waals surface area contributed by atoms with Gasteiger partial charge in [-0.15, -0.1) is 4.57 Å². The SMILES string of the molecule is COc1cc(OC)c(OC)c(-[n+]2c(-c3ccccc3)cc(-c3ccccc3)cc2-c2ccccc2)c1OC. The molecule has 1 aromatic heterocycles. The smallest absolute Gasteiger partial charge is 0.304 e. The molecule has 0 spiro atoms. The van der Waals surface area contributed by atoms with E-state index in [9.17, 15) is 0 Å². The van der Waals surface area contributed by atoms with Crippen molar-refractivity contribution >= 4 is 0 Å². The van der Waals surface area contributed by atoms with Crippen molar-refractivity contribution < 1.29 is 23.5 Å². The predicted molar refractivity (Wildman–Crippen MR) is 150 cm³/mol. The molecule has 4 aromatic carbocycles. The summed E-state index contributed by atoms with van der Waals surface area (Å²) < 4.78 is 25.6. The topological polar surface area (TPSA) is 40.8 Å². The fraction of sp³-hybridized carbons (Fsp3) is 0.121. The maximum Gasteiger partial charge on any atom is 0.304 e. The van der Waals surface area contributed by atoms with Gasteiger partial charge in [-0.3, -0.25) is 0 Å². The average Bonchev–Trinajstić information content (AvgIpc) is 3.00. The Bertz CT molecular complexity index is 1440. The van der Waals surface area contributed by atoms with Gasteiger partial charge in [0, 0.05) is 29.3 Å². The van der Waals surface area contributed by atoms with Crippen LogP contribution in [0.4, 0.5) is 0 Å². The summed E-state index contributed by atoms with van der Waals surface area (Å²) in [5, 5.41) is 0. The van der Waals surface area contributed by atoms with E-state index in [-0.39, 0.29) is 0 Å². The second kappa shape index (κ2) is 11.1. The number of hydrogen-bond acceptors (Lipinski definition) is 4. The molecule has 5 nitrogen and oxygen atoms in total. The molecule has 190 valence electrons. The highest BCUT2D eigenvalue weighted by Gasteiger charge is 2.35. The van der Waals surface area contributed by atoms with Crippen LogP contribution in [0.25, 0.3) is 39.3 Å². The molecular formula is C33H30NO4+. The molecule has 0 bridgehead atoms. The summed E-state index contributed by atoms with van der Waals surface area (Å²) in [5.41, 5.74) is 6.88. The maximum absolute atomic E-state index is 5.98. The third-order valence-corrected chi connectivity index (χ3v) is 6.52. The van der Waals surface area contributed by atoms with Gasteiger partial charge < -0.3 is 18.9 Å². The second-order valence-electron chi connectivity index (χ2n) is 8.64. The molecule has 0 radical (unpaired) electrons. The zero-order valence-corrected chi connectivity index (χ0v) is 22.0. The molecule has 38 heavy (non-hydrogen) atoms. The zero-order valence-electron chi connectivity index (χ0n) is 22.0. The van der Waals surface area contributed by atoms with Crippen molar-refractivity contribution in [3.8, 4) is 62.3 Å². The van der Waals surface area contributed by atoms with Crippen LogP contribution in [-0.2, 0) is 0 Å². The standard InChI is InChI=1S/C33H30NO4/c1-35-29-22-30(36-2)33(38-4)31(32(29)37-3)34-27(24-16-10-6-11-17-24)20-26(23-14-8-5-9-15-23)21-28(34)25-18-12-7-13-19-25/h5-22H,1-4H3/q+1. The molecule has 0 saturated heterocycles. The van der Waals surface area contributed by atoms with Crippen molar-refractivity contribution in [3.05, 3.63) is 109 Å². The van der Waals surface area contributed by atoms with Crippen molar-refractivity contribution in [1.82, 2.24) is 0 Å². The number of rotatable bonds is 8. The number of ether oxygens (including phenoxy) is 4. The van der Waals surface area contributed by atoms with Gasteiger partial charge in [-0.2, -0.15) is 0 Å². The first kappa shape index (κ1) is 24.9. The number of benzene rings is 4. The Morgan fingerprint density at radius 2 is 0.816 bits per heavy atom. The van der Waals surface area contributed by atoms with Gasteiger partial charge in [0.1, 0.15) is 0 Å². The minimum absolute atomic E-state index is 0.539. The van der Waals surface area contributed by atoms with Gasteiger partial charge >= 0.3 is 5.69 Å². The first-order chi connectivity index (χ1) is 18.7. The Kier molecular flexibility index (Phi) is 7.27. The highest BCUT2D eigenvalue weighted by atomic mass is 16.5. The number of methoxy groups -OCH3 is 4. The van der Waals surface area contributed by atoms with Crippen molar-refractivity contribution in [1.29, 1.82) is 0 Å². The zero-order chi connectivity index (χ0) is 26.5. The molecule has 0 aliphatic heterocycles. The molecule has 0 aliphatic carbocycles. The molecule has 0 unspecified atom stereocenters. The number of pyridine rings is 1. The van der Waals surface area contributed by atoms with E-state index in [4.69, 9.17) is 18.9 Å². The molecule has 0 N–H and O–H groups in total. The molecule has 0 saturated carbocycles. The minimum atomic E-state index is 0.539. The third kappa shape index (κ3) is 4.55. The predicted octanol–water partition coefficient (Wildman–Crippen LogP) is 7.00. The maximum atomic E-state index is 5.98. The van der Waals surface area contributed by atoms with E-state index in [1.165, 1.54) is 0 Å². The van der Waals surface area contributed by atoms with Crippen LogP contribution in [0.15, 0.2) is 109 Å². The Morgan fingerprint density at radius 1 is 0.421 bits per heavy atom. The van der Waals surface area contributed by atoms with Gasteiger partial charge in [-0.05, 0) is 35.4 Å². The number of hydrogen-bond donors (Lipinski definition) is 0. The highest BCUT2D eigenvalue weighted by molar-refractivity contribution is 5.76. The molecule has 0 aliphatic rings. The summed E-state index contributed by atoms with van der Waals surface area (Å²) in [5.74, 6) is 2.16. The van der Waals surface area contributed by atoms with E-state index in [1.807, 2.05) is 42.5 Å². The summed E-state index contributed by atoms with van der Waals surface area (Å²) >= 11 is 0. The van der Waals surface area contributed by atoms with Crippen LogP contribution < -0.4 is 23.5 Å². The molecule has 5 heteroatoms. The first-order valence-corrected chi connectivity index (χ1v) is 12.3. The summed E-state index contributed by atoms with van der Waals surface area (Å²) in [7, 11) is 6.51. The van der Waals surface area contributed by atoms with E-state index in [2.05, 4.69) is 65.2 Å².